The molecule has 0 spiro atoms. The molecule has 1 unspecified atom stereocenters. The van der Waals surface area contributed by atoms with Crippen molar-refractivity contribution in [1.82, 2.24) is 0 Å². The lowest BCUT2D eigenvalue weighted by molar-refractivity contribution is -0.384. The number of nitrogens with two attached hydrogens (primary N) is 1. The van der Waals surface area contributed by atoms with Crippen LogP contribution in [0.15, 0.2) is 12.1 Å². The minimum Gasteiger partial charge on any atom is -0.393 e. The first-order chi connectivity index (χ1) is 7.08. The summed E-state index contributed by atoms with van der Waals surface area (Å²) in [5.74, 6) is 0. The topological polar surface area (TPSA) is 69.2 Å². The van der Waals surface area contributed by atoms with E-state index < -0.39 is 4.92 Å². The van der Waals surface area contributed by atoms with Gasteiger partial charge >= 0.3 is 0 Å². The molecule has 1 aliphatic rings. The van der Waals surface area contributed by atoms with Crippen LogP contribution >= 0.6 is 11.6 Å². The Kier molecular flexibility index (Phi) is 2.52. The minimum absolute atomic E-state index is 0.0143. The van der Waals surface area contributed by atoms with E-state index in [1.807, 2.05) is 0 Å². The molecule has 0 heterocycles. The molecule has 15 heavy (non-hydrogen) atoms. The van der Waals surface area contributed by atoms with Crippen molar-refractivity contribution in [2.24, 2.45) is 0 Å². The van der Waals surface area contributed by atoms with Crippen molar-refractivity contribution in [1.29, 1.82) is 0 Å². The second-order valence-corrected chi connectivity index (χ2v) is 4.39. The largest absolute Gasteiger partial charge is 0.393 e. The molecule has 0 amide bonds. The summed E-state index contributed by atoms with van der Waals surface area (Å²) in [7, 11) is 0. The maximum Gasteiger partial charge on any atom is 0.292 e. The molecule has 1 aromatic rings. The van der Waals surface area contributed by atoms with E-state index in [1.54, 1.807) is 12.1 Å². The fraction of sp³-hybridized carbons (Fsp3) is 0.400. The summed E-state index contributed by atoms with van der Waals surface area (Å²) in [6.45, 7) is 0. The summed E-state index contributed by atoms with van der Waals surface area (Å²) in [4.78, 5) is 10.2. The Labute approximate surface area is 92.2 Å². The Bertz CT molecular complexity index is 420. The van der Waals surface area contributed by atoms with Crippen LogP contribution in [0.5, 0.6) is 0 Å². The highest BCUT2D eigenvalue weighted by Gasteiger charge is 2.21. The Morgan fingerprint density at radius 3 is 2.87 bits per heavy atom. The fourth-order valence-corrected chi connectivity index (χ4v) is 2.20. The maximum absolute atomic E-state index is 10.7. The van der Waals surface area contributed by atoms with Crippen LogP contribution in [0.2, 0.25) is 0 Å². The Hall–Kier alpha value is -1.29. The highest BCUT2D eigenvalue weighted by atomic mass is 35.5. The van der Waals surface area contributed by atoms with Gasteiger partial charge in [0.15, 0.2) is 0 Å². The predicted molar refractivity (Wildman–Crippen MR) is 59.2 cm³/mol. The number of alkyl halides is 1. The predicted octanol–water partition coefficient (Wildman–Crippen LogP) is 2.27. The molecular formula is C10H11ClN2O2. The van der Waals surface area contributed by atoms with Crippen molar-refractivity contribution in [2.75, 3.05) is 5.73 Å². The average Bonchev–Trinajstić information content (AvgIpc) is 2.17. The second-order valence-electron chi connectivity index (χ2n) is 3.78. The Morgan fingerprint density at radius 2 is 2.20 bits per heavy atom. The first-order valence-corrected chi connectivity index (χ1v) is 5.21. The number of aryl methyl sites for hydroxylation is 1. The minimum atomic E-state index is -0.451. The smallest absolute Gasteiger partial charge is 0.292 e. The first-order valence-electron chi connectivity index (χ1n) is 4.77. The van der Waals surface area contributed by atoms with E-state index in [9.17, 15) is 10.1 Å². The van der Waals surface area contributed by atoms with Gasteiger partial charge in [-0.3, -0.25) is 10.1 Å². The third-order valence-electron chi connectivity index (χ3n) is 2.71. The van der Waals surface area contributed by atoms with Crippen LogP contribution in [0.3, 0.4) is 0 Å². The summed E-state index contributed by atoms with van der Waals surface area (Å²) in [6, 6.07) is 3.26. The number of nitro benzene ring substituents is 1. The van der Waals surface area contributed by atoms with Gasteiger partial charge in [0.05, 0.1) is 4.92 Å². The summed E-state index contributed by atoms with van der Waals surface area (Å²) in [5.41, 5.74) is 7.89. The number of rotatable bonds is 1. The lowest BCUT2D eigenvalue weighted by Crippen LogP contribution is -2.14. The molecule has 0 aromatic heterocycles. The number of benzene rings is 1. The van der Waals surface area contributed by atoms with Crippen molar-refractivity contribution in [3.63, 3.8) is 0 Å². The SMILES string of the molecule is Nc1cc2c(cc1[N+](=O)[O-])CC(Cl)CC2. The van der Waals surface area contributed by atoms with Crippen LogP contribution < -0.4 is 5.73 Å². The molecule has 4 nitrogen and oxygen atoms in total. The van der Waals surface area contributed by atoms with Crippen molar-refractivity contribution < 1.29 is 4.92 Å². The number of anilines is 1. The molecule has 1 atom stereocenters. The number of nitrogens with zero attached hydrogens (tertiary/aromatic N) is 1. The lowest BCUT2D eigenvalue weighted by Gasteiger charge is -2.19. The highest BCUT2D eigenvalue weighted by molar-refractivity contribution is 6.20. The van der Waals surface area contributed by atoms with Gasteiger partial charge in [-0.15, -0.1) is 11.6 Å². The maximum atomic E-state index is 10.7. The van der Waals surface area contributed by atoms with Crippen LogP contribution in [0.1, 0.15) is 17.5 Å². The van der Waals surface area contributed by atoms with Crippen molar-refractivity contribution in [3.8, 4) is 0 Å². The van der Waals surface area contributed by atoms with Crippen LogP contribution in [-0.2, 0) is 12.8 Å². The Morgan fingerprint density at radius 1 is 1.47 bits per heavy atom. The molecule has 0 fully saturated rings. The molecule has 0 saturated carbocycles. The zero-order valence-corrected chi connectivity index (χ0v) is 8.83. The van der Waals surface area contributed by atoms with Crippen LogP contribution in [0.4, 0.5) is 11.4 Å². The lowest BCUT2D eigenvalue weighted by atomic mass is 9.90. The van der Waals surface area contributed by atoms with E-state index in [1.165, 1.54) is 0 Å². The van der Waals surface area contributed by atoms with Crippen molar-refractivity contribution in [2.45, 2.75) is 24.6 Å². The molecule has 0 bridgehead atoms. The first kappa shape index (κ1) is 10.2. The van der Waals surface area contributed by atoms with Gasteiger partial charge in [-0.25, -0.2) is 0 Å². The quantitative estimate of drug-likeness (QED) is 0.346. The van der Waals surface area contributed by atoms with Gasteiger partial charge in [-0.2, -0.15) is 0 Å². The number of nitrogen functional groups attached to an aromatic ring is 1. The van der Waals surface area contributed by atoms with Gasteiger partial charge in [0.2, 0.25) is 0 Å². The summed E-state index contributed by atoms with van der Waals surface area (Å²) < 4.78 is 0. The molecule has 2 N–H and O–H groups in total. The van der Waals surface area contributed by atoms with E-state index >= 15 is 0 Å². The van der Waals surface area contributed by atoms with Gasteiger partial charge in [0.1, 0.15) is 5.69 Å². The average molecular weight is 227 g/mol. The molecule has 5 heteroatoms. The van der Waals surface area contributed by atoms with Crippen LogP contribution in [-0.4, -0.2) is 10.3 Å². The molecule has 80 valence electrons. The molecule has 0 saturated heterocycles. The van der Waals surface area contributed by atoms with E-state index in [2.05, 4.69) is 0 Å². The molecule has 1 aliphatic carbocycles. The Balaban J connectivity index is 2.47. The standard InChI is InChI=1S/C10H11ClN2O2/c11-8-2-1-6-4-9(12)10(13(14)15)5-7(6)3-8/h4-5,8H,1-3,12H2. The molecule has 1 aromatic carbocycles. The number of nitro groups is 1. The molecule has 0 aliphatic heterocycles. The van der Waals surface area contributed by atoms with Gasteiger partial charge in [-0.05, 0) is 36.5 Å². The van der Waals surface area contributed by atoms with E-state index in [-0.39, 0.29) is 16.8 Å². The molecule has 2 rings (SSSR count). The van der Waals surface area contributed by atoms with Gasteiger partial charge in [0.25, 0.3) is 5.69 Å². The van der Waals surface area contributed by atoms with E-state index in [0.717, 1.165) is 24.0 Å². The highest BCUT2D eigenvalue weighted by Crippen LogP contribution is 2.31. The van der Waals surface area contributed by atoms with Gasteiger partial charge in [-0.1, -0.05) is 0 Å². The zero-order valence-electron chi connectivity index (χ0n) is 8.07. The summed E-state index contributed by atoms with van der Waals surface area (Å²) >= 11 is 6.01. The van der Waals surface area contributed by atoms with E-state index in [0.29, 0.717) is 6.42 Å². The van der Waals surface area contributed by atoms with Gasteiger partial charge < -0.3 is 5.73 Å². The second kappa shape index (κ2) is 3.70. The van der Waals surface area contributed by atoms with Crippen molar-refractivity contribution in [3.05, 3.63) is 33.4 Å². The third kappa shape index (κ3) is 1.90. The number of fused-ring (bicyclic) bond motifs is 1. The van der Waals surface area contributed by atoms with E-state index in [4.69, 9.17) is 17.3 Å². The normalized spacial score (nSPS) is 19.7. The summed E-state index contributed by atoms with van der Waals surface area (Å²) in [6.07, 6.45) is 2.45. The number of hydrogen-bond donors (Lipinski definition) is 1. The molecular weight excluding hydrogens is 216 g/mol. The van der Waals surface area contributed by atoms with Crippen LogP contribution in [0, 0.1) is 10.1 Å². The number of hydrogen-bond acceptors (Lipinski definition) is 3. The molecule has 0 radical (unpaired) electrons. The third-order valence-corrected chi connectivity index (χ3v) is 3.09. The van der Waals surface area contributed by atoms with Gasteiger partial charge in [0, 0.05) is 11.4 Å². The number of halogens is 1. The monoisotopic (exact) mass is 226 g/mol. The zero-order chi connectivity index (χ0) is 11.0. The fourth-order valence-electron chi connectivity index (χ4n) is 1.93. The van der Waals surface area contributed by atoms with Crippen LogP contribution in [0.25, 0.3) is 0 Å². The van der Waals surface area contributed by atoms with Crippen molar-refractivity contribution >= 4 is 23.0 Å². The summed E-state index contributed by atoms with van der Waals surface area (Å²) in [5, 5.41) is 10.8.